The predicted octanol–water partition coefficient (Wildman–Crippen LogP) is 0.803. The van der Waals surface area contributed by atoms with Crippen LogP contribution in [0.3, 0.4) is 0 Å². The molecule has 3 rings (SSSR count). The van der Waals surface area contributed by atoms with Crippen molar-refractivity contribution in [3.8, 4) is 11.5 Å². The van der Waals surface area contributed by atoms with Gasteiger partial charge >= 0.3 is 5.97 Å². The Morgan fingerprint density at radius 1 is 1.29 bits per heavy atom. The third kappa shape index (κ3) is 1.72. The molecule has 0 bridgehead atoms. The minimum absolute atomic E-state index is 0.00185. The molecule has 5 nitrogen and oxygen atoms in total. The van der Waals surface area contributed by atoms with E-state index in [1.807, 2.05) is 18.2 Å². The molecule has 1 aromatic carbocycles. The van der Waals surface area contributed by atoms with Crippen LogP contribution in [0.4, 0.5) is 0 Å². The van der Waals surface area contributed by atoms with Crippen molar-refractivity contribution in [2.24, 2.45) is 5.92 Å². The molecule has 0 amide bonds. The summed E-state index contributed by atoms with van der Waals surface area (Å²) in [5, 5.41) is 12.3. The highest BCUT2D eigenvalue weighted by Crippen LogP contribution is 2.37. The van der Waals surface area contributed by atoms with E-state index in [0.717, 1.165) is 11.3 Å². The Morgan fingerprint density at radius 2 is 2.12 bits per heavy atom. The van der Waals surface area contributed by atoms with Crippen LogP contribution >= 0.6 is 0 Å². The maximum absolute atomic E-state index is 11.1. The first-order valence-electron chi connectivity index (χ1n) is 5.59. The van der Waals surface area contributed by atoms with Gasteiger partial charge in [0.15, 0.2) is 11.5 Å². The van der Waals surface area contributed by atoms with Gasteiger partial charge in [-0.15, -0.1) is 0 Å². The van der Waals surface area contributed by atoms with E-state index < -0.39 is 5.97 Å². The van der Waals surface area contributed by atoms with E-state index in [9.17, 15) is 4.79 Å². The molecule has 2 aliphatic rings. The van der Waals surface area contributed by atoms with E-state index in [0.29, 0.717) is 18.8 Å². The SMILES string of the molecule is O=C(O)[C@@H]1CNC[C@@H]1c1ccc2c(c1)OCO2. The van der Waals surface area contributed by atoms with Gasteiger partial charge in [-0.1, -0.05) is 6.07 Å². The molecule has 0 radical (unpaired) electrons. The van der Waals surface area contributed by atoms with Crippen LogP contribution < -0.4 is 14.8 Å². The Hall–Kier alpha value is -1.75. The summed E-state index contributed by atoms with van der Waals surface area (Å²) in [4.78, 5) is 11.1. The van der Waals surface area contributed by atoms with Gasteiger partial charge in [-0.3, -0.25) is 4.79 Å². The molecule has 0 saturated carbocycles. The fraction of sp³-hybridized carbons (Fsp3) is 0.417. The number of carboxylic acids is 1. The monoisotopic (exact) mass is 235 g/mol. The zero-order valence-electron chi connectivity index (χ0n) is 9.18. The van der Waals surface area contributed by atoms with Crippen LogP contribution in [-0.2, 0) is 4.79 Å². The number of ether oxygens (including phenoxy) is 2. The van der Waals surface area contributed by atoms with E-state index in [2.05, 4.69) is 5.32 Å². The number of hydrogen-bond acceptors (Lipinski definition) is 4. The number of benzene rings is 1. The molecule has 0 spiro atoms. The van der Waals surface area contributed by atoms with Crippen LogP contribution in [-0.4, -0.2) is 31.0 Å². The summed E-state index contributed by atoms with van der Waals surface area (Å²) in [5.74, 6) is 0.320. The van der Waals surface area contributed by atoms with E-state index >= 15 is 0 Å². The van der Waals surface area contributed by atoms with Crippen LogP contribution in [0.1, 0.15) is 11.5 Å². The first-order chi connectivity index (χ1) is 8.25. The van der Waals surface area contributed by atoms with Gasteiger partial charge in [0.2, 0.25) is 6.79 Å². The van der Waals surface area contributed by atoms with Gasteiger partial charge < -0.3 is 19.9 Å². The molecule has 0 aliphatic carbocycles. The molecule has 90 valence electrons. The first kappa shape index (κ1) is 10.4. The number of nitrogens with one attached hydrogen (secondary N) is 1. The van der Waals surface area contributed by atoms with Crippen LogP contribution in [0.2, 0.25) is 0 Å². The van der Waals surface area contributed by atoms with E-state index in [-0.39, 0.29) is 18.6 Å². The third-order valence-corrected chi connectivity index (χ3v) is 3.36. The second-order valence-corrected chi connectivity index (χ2v) is 4.32. The zero-order valence-corrected chi connectivity index (χ0v) is 9.18. The standard InChI is InChI=1S/C12H13NO4/c14-12(15)9-5-13-4-8(9)7-1-2-10-11(3-7)17-6-16-10/h1-3,8-9,13H,4-6H2,(H,14,15)/t8-,9-/m1/s1. The lowest BCUT2D eigenvalue weighted by Crippen LogP contribution is -2.20. The highest BCUT2D eigenvalue weighted by Gasteiger charge is 2.34. The van der Waals surface area contributed by atoms with E-state index in [4.69, 9.17) is 14.6 Å². The Kier molecular flexibility index (Phi) is 2.40. The molecule has 1 saturated heterocycles. The van der Waals surface area contributed by atoms with Crippen molar-refractivity contribution in [3.63, 3.8) is 0 Å². The topological polar surface area (TPSA) is 67.8 Å². The number of aliphatic carboxylic acids is 1. The van der Waals surface area contributed by atoms with Crippen LogP contribution in [0.5, 0.6) is 11.5 Å². The molecule has 2 aliphatic heterocycles. The van der Waals surface area contributed by atoms with Crippen molar-refractivity contribution in [1.29, 1.82) is 0 Å². The molecule has 17 heavy (non-hydrogen) atoms. The lowest BCUT2D eigenvalue weighted by Gasteiger charge is -2.15. The smallest absolute Gasteiger partial charge is 0.308 e. The van der Waals surface area contributed by atoms with Crippen molar-refractivity contribution >= 4 is 5.97 Å². The molecule has 0 unspecified atom stereocenters. The minimum atomic E-state index is -0.752. The van der Waals surface area contributed by atoms with E-state index in [1.165, 1.54) is 0 Å². The van der Waals surface area contributed by atoms with Gasteiger partial charge in [0.05, 0.1) is 5.92 Å². The van der Waals surface area contributed by atoms with E-state index in [1.54, 1.807) is 0 Å². The first-order valence-corrected chi connectivity index (χ1v) is 5.59. The maximum atomic E-state index is 11.1. The van der Waals surface area contributed by atoms with Gasteiger partial charge in [0.1, 0.15) is 0 Å². The average Bonchev–Trinajstić information content (AvgIpc) is 2.96. The summed E-state index contributed by atoms with van der Waals surface area (Å²) in [5.41, 5.74) is 0.992. The Balaban J connectivity index is 1.91. The van der Waals surface area contributed by atoms with Crippen molar-refractivity contribution in [3.05, 3.63) is 23.8 Å². The van der Waals surface area contributed by atoms with Crippen molar-refractivity contribution in [1.82, 2.24) is 5.32 Å². The Labute approximate surface area is 98.3 Å². The predicted molar refractivity (Wildman–Crippen MR) is 59.3 cm³/mol. The fourth-order valence-electron chi connectivity index (χ4n) is 2.43. The number of carbonyl (C=O) groups is 1. The Bertz CT molecular complexity index is 460. The van der Waals surface area contributed by atoms with Gasteiger partial charge in [0, 0.05) is 19.0 Å². The van der Waals surface area contributed by atoms with Gasteiger partial charge in [-0.25, -0.2) is 0 Å². The van der Waals surface area contributed by atoms with Gasteiger partial charge in [-0.05, 0) is 17.7 Å². The summed E-state index contributed by atoms with van der Waals surface area (Å²) >= 11 is 0. The lowest BCUT2D eigenvalue weighted by molar-refractivity contribution is -0.141. The molecular weight excluding hydrogens is 222 g/mol. The molecule has 1 fully saturated rings. The van der Waals surface area contributed by atoms with Gasteiger partial charge in [-0.2, -0.15) is 0 Å². The highest BCUT2D eigenvalue weighted by molar-refractivity contribution is 5.72. The largest absolute Gasteiger partial charge is 0.481 e. The summed E-state index contributed by atoms with van der Waals surface area (Å²) in [6.45, 7) is 1.45. The quantitative estimate of drug-likeness (QED) is 0.793. The molecule has 2 N–H and O–H groups in total. The van der Waals surface area contributed by atoms with Gasteiger partial charge in [0.25, 0.3) is 0 Å². The Morgan fingerprint density at radius 3 is 2.94 bits per heavy atom. The zero-order chi connectivity index (χ0) is 11.8. The lowest BCUT2D eigenvalue weighted by atomic mass is 9.89. The summed E-state index contributed by atoms with van der Waals surface area (Å²) in [7, 11) is 0. The molecule has 2 atom stereocenters. The second-order valence-electron chi connectivity index (χ2n) is 4.32. The molecule has 5 heteroatoms. The number of fused-ring (bicyclic) bond motifs is 1. The van der Waals surface area contributed by atoms with Crippen molar-refractivity contribution in [2.75, 3.05) is 19.9 Å². The molecule has 1 aromatic rings. The number of hydrogen-bond donors (Lipinski definition) is 2. The average molecular weight is 235 g/mol. The van der Waals surface area contributed by atoms with Crippen LogP contribution in [0.15, 0.2) is 18.2 Å². The third-order valence-electron chi connectivity index (χ3n) is 3.36. The molecule has 0 aromatic heterocycles. The highest BCUT2D eigenvalue weighted by atomic mass is 16.7. The fourth-order valence-corrected chi connectivity index (χ4v) is 2.43. The summed E-state index contributed by atoms with van der Waals surface area (Å²) in [6.07, 6.45) is 0. The van der Waals surface area contributed by atoms with Crippen LogP contribution in [0.25, 0.3) is 0 Å². The molecule has 2 heterocycles. The maximum Gasteiger partial charge on any atom is 0.308 e. The van der Waals surface area contributed by atoms with Crippen LogP contribution in [0, 0.1) is 5.92 Å². The molecular formula is C12H13NO4. The number of carboxylic acid groups (broad SMARTS) is 1. The van der Waals surface area contributed by atoms with Crippen molar-refractivity contribution < 1.29 is 19.4 Å². The second kappa shape index (κ2) is 3.92. The minimum Gasteiger partial charge on any atom is -0.481 e. The number of rotatable bonds is 2. The normalized spacial score (nSPS) is 26.1. The van der Waals surface area contributed by atoms with Crippen molar-refractivity contribution in [2.45, 2.75) is 5.92 Å². The summed E-state index contributed by atoms with van der Waals surface area (Å²) < 4.78 is 10.5. The summed E-state index contributed by atoms with van der Waals surface area (Å²) in [6, 6.07) is 5.64.